The lowest BCUT2D eigenvalue weighted by atomic mass is 10.2. The lowest BCUT2D eigenvalue weighted by Crippen LogP contribution is -2.13. The molecule has 18 heavy (non-hydrogen) atoms. The number of amides is 1. The molecule has 0 radical (unpaired) electrons. The highest BCUT2D eigenvalue weighted by atomic mass is 32.1. The minimum Gasteiger partial charge on any atom is -0.322 e. The number of nitrogens with one attached hydrogen (secondary N) is 1. The smallest absolute Gasteiger partial charge is 0.256 e. The molecule has 0 spiro atoms. The molecule has 0 aliphatic rings. The van der Waals surface area contributed by atoms with Crippen LogP contribution in [0.3, 0.4) is 0 Å². The predicted octanol–water partition coefficient (Wildman–Crippen LogP) is 3.26. The molecule has 1 aromatic carbocycles. The van der Waals surface area contributed by atoms with Gasteiger partial charge in [0.05, 0.1) is 5.56 Å². The SMILES string of the molecule is Cc1cc(C(=O)Nc2ccc(P)c(F)c2)c(C)s1. The summed E-state index contributed by atoms with van der Waals surface area (Å²) in [6, 6.07) is 6.45. The normalized spacial score (nSPS) is 10.4. The van der Waals surface area contributed by atoms with Gasteiger partial charge in [-0.05, 0) is 32.0 Å². The van der Waals surface area contributed by atoms with Crippen molar-refractivity contribution in [3.63, 3.8) is 0 Å². The Morgan fingerprint density at radius 1 is 1.33 bits per heavy atom. The van der Waals surface area contributed by atoms with Crippen LogP contribution in [-0.2, 0) is 0 Å². The first kappa shape index (κ1) is 13.2. The van der Waals surface area contributed by atoms with E-state index in [-0.39, 0.29) is 11.7 Å². The van der Waals surface area contributed by atoms with E-state index in [0.29, 0.717) is 16.6 Å². The predicted molar refractivity (Wildman–Crippen MR) is 77.5 cm³/mol. The zero-order valence-electron chi connectivity index (χ0n) is 10.1. The van der Waals surface area contributed by atoms with Crippen LogP contribution in [0.25, 0.3) is 0 Å². The molecular formula is C13H13FNOPS. The quantitative estimate of drug-likeness (QED) is 0.841. The highest BCUT2D eigenvalue weighted by Gasteiger charge is 2.12. The van der Waals surface area contributed by atoms with Crippen molar-refractivity contribution in [3.05, 3.63) is 45.4 Å². The van der Waals surface area contributed by atoms with E-state index < -0.39 is 0 Å². The van der Waals surface area contributed by atoms with Gasteiger partial charge in [-0.2, -0.15) is 0 Å². The first-order valence-electron chi connectivity index (χ1n) is 5.41. The van der Waals surface area contributed by atoms with E-state index in [1.54, 1.807) is 23.5 Å². The Balaban J connectivity index is 2.21. The van der Waals surface area contributed by atoms with E-state index in [1.165, 1.54) is 6.07 Å². The van der Waals surface area contributed by atoms with Crippen LogP contribution >= 0.6 is 20.6 Å². The minimum atomic E-state index is -0.351. The Kier molecular flexibility index (Phi) is 3.79. The number of hydrogen-bond acceptors (Lipinski definition) is 2. The second-order valence-electron chi connectivity index (χ2n) is 4.02. The average molecular weight is 281 g/mol. The van der Waals surface area contributed by atoms with Gasteiger partial charge >= 0.3 is 0 Å². The number of carbonyl (C=O) groups is 1. The van der Waals surface area contributed by atoms with Crippen molar-refractivity contribution < 1.29 is 9.18 Å². The molecule has 5 heteroatoms. The molecule has 1 atom stereocenters. The number of carbonyl (C=O) groups excluding carboxylic acids is 1. The molecule has 1 heterocycles. The fourth-order valence-corrected chi connectivity index (χ4v) is 2.76. The van der Waals surface area contributed by atoms with E-state index in [0.717, 1.165) is 9.75 Å². The molecule has 0 aliphatic carbocycles. The summed E-state index contributed by atoms with van der Waals surface area (Å²) in [5, 5.41) is 3.18. The summed E-state index contributed by atoms with van der Waals surface area (Å²) in [6.07, 6.45) is 0. The van der Waals surface area contributed by atoms with E-state index in [1.807, 2.05) is 19.9 Å². The number of anilines is 1. The fourth-order valence-electron chi connectivity index (χ4n) is 1.66. The molecule has 1 N–H and O–H groups in total. The summed E-state index contributed by atoms with van der Waals surface area (Å²) in [4.78, 5) is 14.1. The Labute approximate surface area is 111 Å². The maximum atomic E-state index is 13.3. The van der Waals surface area contributed by atoms with Crippen LogP contribution in [0.5, 0.6) is 0 Å². The summed E-state index contributed by atoms with van der Waals surface area (Å²) >= 11 is 1.58. The van der Waals surface area contributed by atoms with Gasteiger partial charge in [0.25, 0.3) is 5.91 Å². The van der Waals surface area contributed by atoms with Crippen LogP contribution in [-0.4, -0.2) is 5.91 Å². The van der Waals surface area contributed by atoms with Crippen LogP contribution in [0, 0.1) is 19.7 Å². The van der Waals surface area contributed by atoms with Crippen molar-refractivity contribution >= 4 is 37.5 Å². The minimum absolute atomic E-state index is 0.201. The van der Waals surface area contributed by atoms with Crippen LogP contribution in [0.4, 0.5) is 10.1 Å². The molecule has 1 amide bonds. The van der Waals surface area contributed by atoms with Crippen molar-refractivity contribution in [2.24, 2.45) is 0 Å². The van der Waals surface area contributed by atoms with Crippen LogP contribution < -0.4 is 10.6 Å². The second kappa shape index (κ2) is 5.17. The van der Waals surface area contributed by atoms with Crippen molar-refractivity contribution in [2.45, 2.75) is 13.8 Å². The summed E-state index contributed by atoms with van der Waals surface area (Å²) in [7, 11) is 2.30. The second-order valence-corrected chi connectivity index (χ2v) is 6.10. The third-order valence-corrected chi connectivity index (χ3v) is 3.98. The van der Waals surface area contributed by atoms with Gasteiger partial charge in [0.1, 0.15) is 5.82 Å². The number of thiophene rings is 1. The van der Waals surface area contributed by atoms with Crippen molar-refractivity contribution in [1.82, 2.24) is 0 Å². The van der Waals surface area contributed by atoms with Crippen LogP contribution in [0.15, 0.2) is 24.3 Å². The molecule has 94 valence electrons. The van der Waals surface area contributed by atoms with E-state index >= 15 is 0 Å². The Bertz CT molecular complexity index is 609. The zero-order chi connectivity index (χ0) is 13.3. The van der Waals surface area contributed by atoms with E-state index in [9.17, 15) is 9.18 Å². The number of hydrogen-bond donors (Lipinski definition) is 1. The maximum Gasteiger partial charge on any atom is 0.256 e. The fraction of sp³-hybridized carbons (Fsp3) is 0.154. The van der Waals surface area contributed by atoms with E-state index in [2.05, 4.69) is 14.6 Å². The molecule has 1 aromatic heterocycles. The lowest BCUT2D eigenvalue weighted by Gasteiger charge is -2.05. The first-order valence-corrected chi connectivity index (χ1v) is 6.80. The summed E-state index contributed by atoms with van der Waals surface area (Å²) < 4.78 is 13.3. The Morgan fingerprint density at radius 3 is 2.61 bits per heavy atom. The van der Waals surface area contributed by atoms with Crippen molar-refractivity contribution in [1.29, 1.82) is 0 Å². The molecule has 1 unspecified atom stereocenters. The summed E-state index contributed by atoms with van der Waals surface area (Å²) in [6.45, 7) is 3.86. The molecule has 2 aromatic rings. The molecule has 0 aliphatic heterocycles. The Morgan fingerprint density at radius 2 is 2.06 bits per heavy atom. The monoisotopic (exact) mass is 281 g/mol. The standard InChI is InChI=1S/C13H13FNOPS/c1-7-5-10(8(2)18-7)13(16)15-9-3-4-12(17)11(14)6-9/h3-6H,17H2,1-2H3,(H,15,16). The summed E-state index contributed by atoms with van der Waals surface area (Å²) in [5.74, 6) is -0.552. The van der Waals surface area contributed by atoms with Gasteiger partial charge in [-0.1, -0.05) is 6.07 Å². The highest BCUT2D eigenvalue weighted by molar-refractivity contribution is 7.27. The van der Waals surface area contributed by atoms with Gasteiger partial charge < -0.3 is 5.32 Å². The number of benzene rings is 1. The van der Waals surface area contributed by atoms with E-state index in [4.69, 9.17) is 0 Å². The molecule has 0 saturated heterocycles. The molecule has 0 fully saturated rings. The maximum absolute atomic E-state index is 13.3. The first-order chi connectivity index (χ1) is 8.47. The van der Waals surface area contributed by atoms with Gasteiger partial charge in [-0.15, -0.1) is 20.6 Å². The van der Waals surface area contributed by atoms with Gasteiger partial charge in [-0.3, -0.25) is 4.79 Å². The van der Waals surface area contributed by atoms with Gasteiger partial charge in [0.2, 0.25) is 0 Å². The lowest BCUT2D eigenvalue weighted by molar-refractivity contribution is 0.102. The molecular weight excluding hydrogens is 268 g/mol. The largest absolute Gasteiger partial charge is 0.322 e. The summed E-state index contributed by atoms with van der Waals surface area (Å²) in [5.41, 5.74) is 1.11. The van der Waals surface area contributed by atoms with Crippen LogP contribution in [0.2, 0.25) is 0 Å². The van der Waals surface area contributed by atoms with Crippen molar-refractivity contribution in [2.75, 3.05) is 5.32 Å². The number of aryl methyl sites for hydroxylation is 2. The number of halogens is 1. The van der Waals surface area contributed by atoms with Gasteiger partial charge in [0, 0.05) is 20.7 Å². The third kappa shape index (κ3) is 2.77. The zero-order valence-corrected chi connectivity index (χ0v) is 12.1. The molecule has 2 rings (SSSR count). The molecule has 0 saturated carbocycles. The highest BCUT2D eigenvalue weighted by Crippen LogP contribution is 2.21. The van der Waals surface area contributed by atoms with Gasteiger partial charge in [0.15, 0.2) is 0 Å². The molecule has 2 nitrogen and oxygen atoms in total. The molecule has 0 bridgehead atoms. The topological polar surface area (TPSA) is 29.1 Å². The number of rotatable bonds is 2. The van der Waals surface area contributed by atoms with Crippen LogP contribution in [0.1, 0.15) is 20.1 Å². The van der Waals surface area contributed by atoms with Gasteiger partial charge in [-0.25, -0.2) is 4.39 Å². The van der Waals surface area contributed by atoms with Crippen molar-refractivity contribution in [3.8, 4) is 0 Å². The average Bonchev–Trinajstić information content (AvgIpc) is 2.63. The Hall–Kier alpha value is -1.25. The third-order valence-electron chi connectivity index (χ3n) is 2.54.